The molecule has 2 radical (unpaired) electrons. The van der Waals surface area contributed by atoms with Crippen LogP contribution in [0, 0.1) is 0 Å². The Bertz CT molecular complexity index is 58.9. The molecule has 0 atom stereocenters. The molecule has 0 spiro atoms. The van der Waals surface area contributed by atoms with Crippen molar-refractivity contribution in [3.63, 3.8) is 0 Å². The van der Waals surface area contributed by atoms with Crippen molar-refractivity contribution in [2.24, 2.45) is 0 Å². The monoisotopic (exact) mass is 182 g/mol. The van der Waals surface area contributed by atoms with Crippen molar-refractivity contribution in [3.05, 3.63) is 0 Å². The Morgan fingerprint density at radius 3 is 1.50 bits per heavy atom. The Morgan fingerprint density at radius 2 is 1.17 bits per heavy atom. The minimum atomic E-state index is 0. The molecule has 12 heavy (non-hydrogen) atoms. The van der Waals surface area contributed by atoms with Crippen LogP contribution in [-0.4, -0.2) is 36.3 Å². The van der Waals surface area contributed by atoms with Gasteiger partial charge in [0.1, 0.15) is 0 Å². The van der Waals surface area contributed by atoms with E-state index in [1.165, 1.54) is 38.5 Å². The molecule has 0 aromatic rings. The molecule has 2 heteroatoms. The lowest BCUT2D eigenvalue weighted by Crippen LogP contribution is -1.96. The van der Waals surface area contributed by atoms with Gasteiger partial charge in [-0.2, -0.15) is 0 Å². The normalized spacial score (nSPS) is 9.50. The first-order valence-corrected chi connectivity index (χ1v) is 4.99. The second kappa shape index (κ2) is 14.3. The molecular weight excluding hydrogens is 160 g/mol. The maximum Gasteiger partial charge on any atom is 0.0466 e. The molecular formula is C10H22MgO. The minimum absolute atomic E-state index is 0. The van der Waals surface area contributed by atoms with Crippen LogP contribution in [0.15, 0.2) is 0 Å². The summed E-state index contributed by atoms with van der Waals surface area (Å²) in [5.41, 5.74) is 0. The SMILES string of the molecule is CCCCCOCCCCC.[Mg]. The van der Waals surface area contributed by atoms with E-state index >= 15 is 0 Å². The van der Waals surface area contributed by atoms with Gasteiger partial charge in [-0.1, -0.05) is 39.5 Å². The Hall–Kier alpha value is 0.726. The average Bonchev–Trinajstić information content (AvgIpc) is 2.03. The lowest BCUT2D eigenvalue weighted by Gasteiger charge is -2.01. The molecule has 0 aliphatic carbocycles. The van der Waals surface area contributed by atoms with Gasteiger partial charge < -0.3 is 4.74 Å². The van der Waals surface area contributed by atoms with Crippen molar-refractivity contribution in [2.75, 3.05) is 13.2 Å². The summed E-state index contributed by atoms with van der Waals surface area (Å²) in [5.74, 6) is 0. The zero-order chi connectivity index (χ0) is 8.36. The van der Waals surface area contributed by atoms with E-state index in [0.717, 1.165) is 13.2 Å². The van der Waals surface area contributed by atoms with Crippen LogP contribution in [-0.2, 0) is 4.74 Å². The van der Waals surface area contributed by atoms with E-state index < -0.39 is 0 Å². The summed E-state index contributed by atoms with van der Waals surface area (Å²) in [6, 6.07) is 0. The third-order valence-electron chi connectivity index (χ3n) is 1.78. The van der Waals surface area contributed by atoms with Gasteiger partial charge in [0.2, 0.25) is 0 Å². The fraction of sp³-hybridized carbons (Fsp3) is 1.00. The van der Waals surface area contributed by atoms with Crippen molar-refractivity contribution in [3.8, 4) is 0 Å². The zero-order valence-corrected chi connectivity index (χ0v) is 10.2. The van der Waals surface area contributed by atoms with Crippen LogP contribution in [0.4, 0.5) is 0 Å². The third kappa shape index (κ3) is 13.3. The maximum absolute atomic E-state index is 5.44. The first kappa shape index (κ1) is 15.2. The second-order valence-electron chi connectivity index (χ2n) is 3.03. The molecule has 0 N–H and O–H groups in total. The molecule has 0 saturated heterocycles. The summed E-state index contributed by atoms with van der Waals surface area (Å²) in [6.07, 6.45) is 7.68. The highest BCUT2D eigenvalue weighted by Crippen LogP contribution is 1.97. The van der Waals surface area contributed by atoms with Crippen molar-refractivity contribution < 1.29 is 4.74 Å². The van der Waals surface area contributed by atoms with Gasteiger partial charge in [0.05, 0.1) is 0 Å². The van der Waals surface area contributed by atoms with E-state index in [2.05, 4.69) is 13.8 Å². The van der Waals surface area contributed by atoms with Crippen molar-refractivity contribution in [1.29, 1.82) is 0 Å². The molecule has 0 rings (SSSR count). The average molecular weight is 183 g/mol. The maximum atomic E-state index is 5.44. The Kier molecular flexibility index (Phi) is 18.1. The molecule has 0 aliphatic rings. The lowest BCUT2D eigenvalue weighted by atomic mass is 10.2. The van der Waals surface area contributed by atoms with Gasteiger partial charge in [0.25, 0.3) is 0 Å². The second-order valence-corrected chi connectivity index (χ2v) is 3.03. The van der Waals surface area contributed by atoms with E-state index in [1.54, 1.807) is 0 Å². The fourth-order valence-corrected chi connectivity index (χ4v) is 1.01. The zero-order valence-electron chi connectivity index (χ0n) is 8.77. The van der Waals surface area contributed by atoms with Gasteiger partial charge in [-0.15, -0.1) is 0 Å². The summed E-state index contributed by atoms with van der Waals surface area (Å²) in [7, 11) is 0. The molecule has 0 fully saturated rings. The number of ether oxygens (including phenoxy) is 1. The van der Waals surface area contributed by atoms with E-state index in [1.807, 2.05) is 0 Å². The van der Waals surface area contributed by atoms with Crippen molar-refractivity contribution >= 4 is 23.1 Å². The van der Waals surface area contributed by atoms with Crippen LogP contribution >= 0.6 is 0 Å². The highest BCUT2D eigenvalue weighted by atomic mass is 24.3. The molecule has 0 aromatic carbocycles. The molecule has 0 unspecified atom stereocenters. The van der Waals surface area contributed by atoms with Gasteiger partial charge in [-0.3, -0.25) is 0 Å². The Labute approximate surface area is 93.4 Å². The molecule has 0 aromatic heterocycles. The quantitative estimate of drug-likeness (QED) is 0.414. The van der Waals surface area contributed by atoms with Gasteiger partial charge in [0, 0.05) is 36.3 Å². The molecule has 0 bridgehead atoms. The van der Waals surface area contributed by atoms with Gasteiger partial charge >= 0.3 is 0 Å². The van der Waals surface area contributed by atoms with E-state index in [4.69, 9.17) is 4.74 Å². The van der Waals surface area contributed by atoms with Gasteiger partial charge in [-0.25, -0.2) is 0 Å². The molecule has 1 nitrogen and oxygen atoms in total. The van der Waals surface area contributed by atoms with E-state index in [0.29, 0.717) is 0 Å². The predicted octanol–water partition coefficient (Wildman–Crippen LogP) is 3.00. The van der Waals surface area contributed by atoms with Crippen LogP contribution in [0.5, 0.6) is 0 Å². The summed E-state index contributed by atoms with van der Waals surface area (Å²) in [5, 5.41) is 0. The third-order valence-corrected chi connectivity index (χ3v) is 1.78. The molecule has 70 valence electrons. The number of hydrogen-bond donors (Lipinski definition) is 0. The molecule has 0 aliphatic heterocycles. The molecule has 0 saturated carbocycles. The van der Waals surface area contributed by atoms with Crippen LogP contribution in [0.1, 0.15) is 52.4 Å². The molecule has 0 amide bonds. The van der Waals surface area contributed by atoms with Crippen molar-refractivity contribution in [1.82, 2.24) is 0 Å². The molecule has 0 heterocycles. The predicted molar refractivity (Wildman–Crippen MR) is 55.6 cm³/mol. The topological polar surface area (TPSA) is 9.23 Å². The largest absolute Gasteiger partial charge is 0.381 e. The summed E-state index contributed by atoms with van der Waals surface area (Å²) in [4.78, 5) is 0. The minimum Gasteiger partial charge on any atom is -0.381 e. The highest BCUT2D eigenvalue weighted by molar-refractivity contribution is 5.75. The number of unbranched alkanes of at least 4 members (excludes halogenated alkanes) is 4. The lowest BCUT2D eigenvalue weighted by molar-refractivity contribution is 0.126. The summed E-state index contributed by atoms with van der Waals surface area (Å²) < 4.78 is 5.44. The van der Waals surface area contributed by atoms with Crippen molar-refractivity contribution in [2.45, 2.75) is 52.4 Å². The number of hydrogen-bond acceptors (Lipinski definition) is 1. The van der Waals surface area contributed by atoms with E-state index in [-0.39, 0.29) is 23.1 Å². The first-order valence-electron chi connectivity index (χ1n) is 4.99. The van der Waals surface area contributed by atoms with Crippen LogP contribution in [0.3, 0.4) is 0 Å². The van der Waals surface area contributed by atoms with Crippen LogP contribution < -0.4 is 0 Å². The summed E-state index contributed by atoms with van der Waals surface area (Å²) in [6.45, 7) is 6.38. The van der Waals surface area contributed by atoms with Gasteiger partial charge in [0.15, 0.2) is 0 Å². The van der Waals surface area contributed by atoms with Crippen LogP contribution in [0.2, 0.25) is 0 Å². The highest BCUT2D eigenvalue weighted by Gasteiger charge is 1.88. The van der Waals surface area contributed by atoms with E-state index in [9.17, 15) is 0 Å². The fourth-order valence-electron chi connectivity index (χ4n) is 1.01. The number of rotatable bonds is 8. The smallest absolute Gasteiger partial charge is 0.0466 e. The Morgan fingerprint density at radius 1 is 0.750 bits per heavy atom. The standard InChI is InChI=1S/C10H22O.Mg/c1-3-5-7-9-11-10-8-6-4-2;/h3-10H2,1-2H3;. The van der Waals surface area contributed by atoms with Crippen LogP contribution in [0.25, 0.3) is 0 Å². The summed E-state index contributed by atoms with van der Waals surface area (Å²) >= 11 is 0. The Balaban J connectivity index is 0. The first-order chi connectivity index (χ1) is 5.41. The van der Waals surface area contributed by atoms with Gasteiger partial charge in [-0.05, 0) is 12.8 Å².